The molecular formula is C29H46O3. The van der Waals surface area contributed by atoms with Crippen LogP contribution in [0.4, 0.5) is 0 Å². The largest absolute Gasteiger partial charge is 0.507 e. The molecule has 0 aromatic heterocycles. The first-order chi connectivity index (χ1) is 15.5. The number of ketones is 2. The van der Waals surface area contributed by atoms with Crippen LogP contribution >= 0.6 is 0 Å². The Morgan fingerprint density at radius 1 is 0.844 bits per heavy atom. The quantitative estimate of drug-likeness (QED) is 0.0942. The molecule has 3 heteroatoms. The molecule has 0 heterocycles. The summed E-state index contributed by atoms with van der Waals surface area (Å²) in [4.78, 5) is 24.1. The standard InChI is InChI=1S/C29H46O3/c1-4-5-6-7-8-9-10-11-12-13-14-15-16-17-18-19-20-21-26-28(31)25(22-24(2)3)23-27(30)29(26)32/h7-8,23,31H,2,4-6,9-22H2,1,3H3. The summed E-state index contributed by atoms with van der Waals surface area (Å²) in [5.41, 5.74) is 1.69. The van der Waals surface area contributed by atoms with Crippen molar-refractivity contribution < 1.29 is 14.7 Å². The second-order valence-electron chi connectivity index (χ2n) is 9.37. The molecule has 32 heavy (non-hydrogen) atoms. The number of hydrogen-bond acceptors (Lipinski definition) is 3. The van der Waals surface area contributed by atoms with Crippen molar-refractivity contribution in [2.24, 2.45) is 0 Å². The van der Waals surface area contributed by atoms with E-state index >= 15 is 0 Å². The Hall–Kier alpha value is -1.90. The Labute approximate surface area is 196 Å². The third-order valence-electron chi connectivity index (χ3n) is 6.07. The molecule has 0 radical (unpaired) electrons. The summed E-state index contributed by atoms with van der Waals surface area (Å²) >= 11 is 0. The Kier molecular flexibility index (Phi) is 15.5. The molecule has 0 bridgehead atoms. The summed E-state index contributed by atoms with van der Waals surface area (Å²) < 4.78 is 0. The predicted molar refractivity (Wildman–Crippen MR) is 136 cm³/mol. The molecule has 0 saturated heterocycles. The number of allylic oxidation sites excluding steroid dienone is 6. The number of Topliss-reactive ketones (excluding diaryl/α,β-unsaturated/α-hetero) is 1. The normalized spacial score (nSPS) is 14.5. The van der Waals surface area contributed by atoms with E-state index in [4.69, 9.17) is 0 Å². The van der Waals surface area contributed by atoms with Crippen molar-refractivity contribution in [1.82, 2.24) is 0 Å². The number of carbonyl (C=O) groups is 2. The lowest BCUT2D eigenvalue weighted by Gasteiger charge is -2.16. The number of rotatable bonds is 19. The van der Waals surface area contributed by atoms with Gasteiger partial charge in [0.1, 0.15) is 5.76 Å². The van der Waals surface area contributed by atoms with Crippen LogP contribution in [0.1, 0.15) is 123 Å². The zero-order valence-electron chi connectivity index (χ0n) is 20.7. The molecule has 0 spiro atoms. The van der Waals surface area contributed by atoms with Gasteiger partial charge in [-0.15, -0.1) is 0 Å². The molecule has 0 saturated carbocycles. The van der Waals surface area contributed by atoms with Crippen LogP contribution in [0.5, 0.6) is 0 Å². The van der Waals surface area contributed by atoms with Gasteiger partial charge in [-0.25, -0.2) is 0 Å². The third kappa shape index (κ3) is 12.2. The van der Waals surface area contributed by atoms with Crippen LogP contribution in [0.15, 0.2) is 47.3 Å². The zero-order valence-corrected chi connectivity index (χ0v) is 20.7. The fourth-order valence-corrected chi connectivity index (χ4v) is 4.15. The van der Waals surface area contributed by atoms with E-state index < -0.39 is 11.6 Å². The number of carbonyl (C=O) groups excluding carboxylic acids is 2. The van der Waals surface area contributed by atoms with Crippen molar-refractivity contribution in [3.05, 3.63) is 47.3 Å². The fraction of sp³-hybridized carbons (Fsp3) is 0.655. The lowest BCUT2D eigenvalue weighted by molar-refractivity contribution is -0.132. The number of unbranched alkanes of at least 4 members (excludes halogenated alkanes) is 13. The molecule has 1 aliphatic rings. The van der Waals surface area contributed by atoms with E-state index in [1.165, 1.54) is 83.1 Å². The average Bonchev–Trinajstić information content (AvgIpc) is 2.76. The molecule has 180 valence electrons. The molecule has 3 nitrogen and oxygen atoms in total. The first kappa shape index (κ1) is 28.1. The summed E-state index contributed by atoms with van der Waals surface area (Å²) in [7, 11) is 0. The van der Waals surface area contributed by atoms with Crippen LogP contribution < -0.4 is 0 Å². The summed E-state index contributed by atoms with van der Waals surface area (Å²) in [5, 5.41) is 10.4. The van der Waals surface area contributed by atoms with Crippen molar-refractivity contribution in [2.45, 2.75) is 123 Å². The zero-order chi connectivity index (χ0) is 23.6. The highest BCUT2D eigenvalue weighted by atomic mass is 16.3. The van der Waals surface area contributed by atoms with Gasteiger partial charge in [-0.1, -0.05) is 102 Å². The van der Waals surface area contributed by atoms with Crippen molar-refractivity contribution in [3.63, 3.8) is 0 Å². The molecule has 0 aromatic rings. The number of hydrogen-bond donors (Lipinski definition) is 1. The van der Waals surface area contributed by atoms with Gasteiger partial charge in [0.25, 0.3) is 0 Å². The van der Waals surface area contributed by atoms with Gasteiger partial charge in [0.2, 0.25) is 11.6 Å². The Balaban J connectivity index is 2.04. The van der Waals surface area contributed by atoms with E-state index in [1.807, 2.05) is 6.92 Å². The summed E-state index contributed by atoms with van der Waals surface area (Å²) in [6.07, 6.45) is 25.5. The van der Waals surface area contributed by atoms with Gasteiger partial charge >= 0.3 is 0 Å². The molecule has 0 unspecified atom stereocenters. The van der Waals surface area contributed by atoms with Gasteiger partial charge in [0, 0.05) is 11.1 Å². The van der Waals surface area contributed by atoms with Crippen molar-refractivity contribution in [1.29, 1.82) is 0 Å². The topological polar surface area (TPSA) is 54.4 Å². The highest BCUT2D eigenvalue weighted by molar-refractivity contribution is 6.48. The van der Waals surface area contributed by atoms with Crippen LogP contribution in [0.25, 0.3) is 0 Å². The maximum atomic E-state index is 12.1. The van der Waals surface area contributed by atoms with E-state index in [-0.39, 0.29) is 5.76 Å². The molecule has 0 atom stereocenters. The second kappa shape index (κ2) is 17.6. The van der Waals surface area contributed by atoms with E-state index in [1.54, 1.807) is 0 Å². The number of aliphatic hydroxyl groups excluding tert-OH is 1. The SMILES string of the molecule is C=C(C)CC1=CC(=O)C(=O)C(CCCCCCCCCCCCCC=CCCCC)=C1O. The molecule has 0 fully saturated rings. The predicted octanol–water partition coefficient (Wildman–Crippen LogP) is 8.66. The van der Waals surface area contributed by atoms with E-state index in [0.29, 0.717) is 24.0 Å². The Morgan fingerprint density at radius 3 is 1.88 bits per heavy atom. The smallest absolute Gasteiger partial charge is 0.232 e. The van der Waals surface area contributed by atoms with Crippen molar-refractivity contribution in [3.8, 4) is 0 Å². The fourth-order valence-electron chi connectivity index (χ4n) is 4.15. The summed E-state index contributed by atoms with van der Waals surface area (Å²) in [5.74, 6) is -1.05. The number of aliphatic hydroxyl groups is 1. The van der Waals surface area contributed by atoms with Gasteiger partial charge < -0.3 is 5.11 Å². The Bertz CT molecular complexity index is 679. The van der Waals surface area contributed by atoms with Crippen LogP contribution in [0.3, 0.4) is 0 Å². The molecular weight excluding hydrogens is 396 g/mol. The Morgan fingerprint density at radius 2 is 1.34 bits per heavy atom. The maximum Gasteiger partial charge on any atom is 0.232 e. The van der Waals surface area contributed by atoms with Gasteiger partial charge in [0.15, 0.2) is 0 Å². The van der Waals surface area contributed by atoms with E-state index in [9.17, 15) is 14.7 Å². The second-order valence-corrected chi connectivity index (χ2v) is 9.37. The molecule has 1 N–H and O–H groups in total. The molecule has 0 amide bonds. The third-order valence-corrected chi connectivity index (χ3v) is 6.07. The van der Waals surface area contributed by atoms with Crippen LogP contribution in [-0.4, -0.2) is 16.7 Å². The minimum Gasteiger partial charge on any atom is -0.507 e. The van der Waals surface area contributed by atoms with Gasteiger partial charge in [-0.05, 0) is 51.5 Å². The monoisotopic (exact) mass is 442 g/mol. The molecule has 0 aromatic carbocycles. The van der Waals surface area contributed by atoms with Gasteiger partial charge in [-0.3, -0.25) is 9.59 Å². The van der Waals surface area contributed by atoms with Crippen molar-refractivity contribution in [2.75, 3.05) is 0 Å². The van der Waals surface area contributed by atoms with E-state index in [0.717, 1.165) is 24.8 Å². The van der Waals surface area contributed by atoms with Crippen LogP contribution in [-0.2, 0) is 9.59 Å². The first-order valence-corrected chi connectivity index (χ1v) is 13.0. The summed E-state index contributed by atoms with van der Waals surface area (Å²) in [6.45, 7) is 7.92. The van der Waals surface area contributed by atoms with Crippen LogP contribution in [0, 0.1) is 0 Å². The minimum atomic E-state index is -0.541. The van der Waals surface area contributed by atoms with Crippen molar-refractivity contribution >= 4 is 11.6 Å². The van der Waals surface area contributed by atoms with Crippen LogP contribution in [0.2, 0.25) is 0 Å². The lowest BCUT2D eigenvalue weighted by Crippen LogP contribution is -2.21. The molecule has 0 aliphatic heterocycles. The highest BCUT2D eigenvalue weighted by Gasteiger charge is 2.27. The molecule has 1 rings (SSSR count). The maximum absolute atomic E-state index is 12.1. The van der Waals surface area contributed by atoms with Gasteiger partial charge in [-0.2, -0.15) is 0 Å². The van der Waals surface area contributed by atoms with Gasteiger partial charge in [0.05, 0.1) is 0 Å². The van der Waals surface area contributed by atoms with E-state index in [2.05, 4.69) is 25.7 Å². The average molecular weight is 443 g/mol. The minimum absolute atomic E-state index is 0.00474. The lowest BCUT2D eigenvalue weighted by atomic mass is 9.89. The first-order valence-electron chi connectivity index (χ1n) is 13.0. The molecule has 1 aliphatic carbocycles. The summed E-state index contributed by atoms with van der Waals surface area (Å²) in [6, 6.07) is 0. The highest BCUT2D eigenvalue weighted by Crippen LogP contribution is 2.27.